The van der Waals surface area contributed by atoms with Gasteiger partial charge in [-0.05, 0) is 24.3 Å². The molecule has 0 spiro atoms. The second kappa shape index (κ2) is 4.70. The molecular weight excluding hydrogens is 290 g/mol. The van der Waals surface area contributed by atoms with E-state index in [0.717, 1.165) is 18.3 Å². The summed E-state index contributed by atoms with van der Waals surface area (Å²) in [5, 5.41) is 0. The topological polar surface area (TPSA) is 34.6 Å². The second-order valence-electron chi connectivity index (χ2n) is 4.55. The van der Waals surface area contributed by atoms with Gasteiger partial charge in [-0.25, -0.2) is 8.78 Å². The zero-order chi connectivity index (χ0) is 15.1. The molecule has 2 aromatic rings. The molecule has 1 fully saturated rings. The predicted molar refractivity (Wildman–Crippen MR) is 63.8 cm³/mol. The third-order valence-electron chi connectivity index (χ3n) is 3.15. The molecule has 1 aliphatic rings. The normalized spacial score (nSPS) is 21.1. The van der Waals surface area contributed by atoms with Gasteiger partial charge in [-0.1, -0.05) is 0 Å². The summed E-state index contributed by atoms with van der Waals surface area (Å²) in [4.78, 5) is 3.65. The summed E-state index contributed by atoms with van der Waals surface area (Å²) >= 11 is 0. The molecule has 3 rings (SSSR count). The van der Waals surface area contributed by atoms with E-state index in [1.807, 2.05) is 0 Å². The van der Waals surface area contributed by atoms with Gasteiger partial charge in [0.05, 0.1) is 12.8 Å². The minimum Gasteiger partial charge on any atom is -0.428 e. The first-order chi connectivity index (χ1) is 9.95. The van der Waals surface area contributed by atoms with E-state index in [4.69, 9.17) is 4.74 Å². The third kappa shape index (κ3) is 2.33. The Morgan fingerprint density at radius 2 is 2.00 bits per heavy atom. The maximum Gasteiger partial charge on any atom is 0.434 e. The fourth-order valence-corrected chi connectivity index (χ4v) is 2.01. The molecule has 1 unspecified atom stereocenters. The molecule has 1 atom stereocenters. The van der Waals surface area contributed by atoms with Crippen LogP contribution in [-0.2, 0) is 10.3 Å². The van der Waals surface area contributed by atoms with Gasteiger partial charge in [-0.15, -0.1) is 0 Å². The van der Waals surface area contributed by atoms with E-state index >= 15 is 0 Å². The van der Waals surface area contributed by atoms with E-state index in [9.17, 15) is 17.6 Å². The maximum absolute atomic E-state index is 14.3. The summed E-state index contributed by atoms with van der Waals surface area (Å²) in [5.74, 6) is -2.15. The van der Waals surface area contributed by atoms with Gasteiger partial charge < -0.3 is 9.47 Å². The Labute approximate surface area is 117 Å². The molecule has 1 aromatic heterocycles. The van der Waals surface area contributed by atoms with Crippen LogP contribution in [0.25, 0.3) is 0 Å². The van der Waals surface area contributed by atoms with Crippen LogP contribution in [0.1, 0.15) is 5.56 Å². The van der Waals surface area contributed by atoms with Crippen molar-refractivity contribution in [3.05, 3.63) is 59.9 Å². The van der Waals surface area contributed by atoms with E-state index in [-0.39, 0.29) is 5.75 Å². The van der Waals surface area contributed by atoms with Gasteiger partial charge >= 0.3 is 6.11 Å². The highest BCUT2D eigenvalue weighted by atomic mass is 19.3. The first-order valence-corrected chi connectivity index (χ1v) is 6.01. The standard InChI is InChI=1S/C14H9F4NO2/c15-9-3-4-11(12(16)6-9)13(8-20-13)14(17,18)21-10-2-1-5-19-7-10/h1-7H,8H2. The van der Waals surface area contributed by atoms with Crippen LogP contribution < -0.4 is 4.74 Å². The molecule has 1 saturated heterocycles. The predicted octanol–water partition coefficient (Wildman–Crippen LogP) is 3.26. The Hall–Kier alpha value is -2.15. The number of alkyl halides is 2. The summed E-state index contributed by atoms with van der Waals surface area (Å²) in [7, 11) is 0. The van der Waals surface area contributed by atoms with E-state index in [1.165, 1.54) is 18.3 Å². The fourth-order valence-electron chi connectivity index (χ4n) is 2.01. The monoisotopic (exact) mass is 299 g/mol. The molecule has 2 heterocycles. The Morgan fingerprint density at radius 3 is 2.57 bits per heavy atom. The van der Waals surface area contributed by atoms with E-state index in [2.05, 4.69) is 9.72 Å². The molecule has 0 aliphatic carbocycles. The summed E-state index contributed by atoms with van der Waals surface area (Å²) < 4.78 is 64.6. The van der Waals surface area contributed by atoms with E-state index < -0.39 is 35.5 Å². The Kier molecular flexibility index (Phi) is 3.09. The van der Waals surface area contributed by atoms with Crippen molar-refractivity contribution in [3.63, 3.8) is 0 Å². The molecule has 3 nitrogen and oxygen atoms in total. The van der Waals surface area contributed by atoms with Gasteiger partial charge in [0.2, 0.25) is 5.60 Å². The average Bonchev–Trinajstić information content (AvgIpc) is 3.21. The molecule has 0 N–H and O–H groups in total. The number of hydrogen-bond acceptors (Lipinski definition) is 3. The minimum atomic E-state index is -3.82. The molecule has 7 heteroatoms. The van der Waals surface area contributed by atoms with Crippen molar-refractivity contribution < 1.29 is 27.0 Å². The molecule has 0 amide bonds. The van der Waals surface area contributed by atoms with Gasteiger partial charge in [0.25, 0.3) is 0 Å². The third-order valence-corrected chi connectivity index (χ3v) is 3.15. The first kappa shape index (κ1) is 13.8. The average molecular weight is 299 g/mol. The van der Waals surface area contributed by atoms with Crippen LogP contribution in [0.2, 0.25) is 0 Å². The molecule has 0 radical (unpaired) electrons. The number of rotatable bonds is 4. The van der Waals surface area contributed by atoms with E-state index in [0.29, 0.717) is 6.07 Å². The SMILES string of the molecule is Fc1ccc(C2(C(F)(F)Oc3cccnc3)CO2)c(F)c1. The number of nitrogens with zero attached hydrogens (tertiary/aromatic N) is 1. The number of epoxide rings is 1. The summed E-state index contributed by atoms with van der Waals surface area (Å²) in [5.41, 5.74) is -2.70. The Bertz CT molecular complexity index is 659. The van der Waals surface area contributed by atoms with Crippen LogP contribution in [0.5, 0.6) is 5.75 Å². The highest BCUT2D eigenvalue weighted by molar-refractivity contribution is 5.32. The molecule has 0 bridgehead atoms. The molecular formula is C14H9F4NO2. The smallest absolute Gasteiger partial charge is 0.428 e. The van der Waals surface area contributed by atoms with Crippen molar-refractivity contribution >= 4 is 0 Å². The van der Waals surface area contributed by atoms with Gasteiger partial charge in [0.1, 0.15) is 17.4 Å². The van der Waals surface area contributed by atoms with Crippen LogP contribution in [0.3, 0.4) is 0 Å². The largest absolute Gasteiger partial charge is 0.434 e. The lowest BCUT2D eigenvalue weighted by atomic mass is 9.98. The maximum atomic E-state index is 14.3. The number of benzene rings is 1. The molecule has 21 heavy (non-hydrogen) atoms. The number of hydrogen-bond donors (Lipinski definition) is 0. The van der Waals surface area contributed by atoms with E-state index in [1.54, 1.807) is 0 Å². The molecule has 110 valence electrons. The second-order valence-corrected chi connectivity index (χ2v) is 4.55. The van der Waals surface area contributed by atoms with Crippen molar-refractivity contribution in [1.82, 2.24) is 4.98 Å². The van der Waals surface area contributed by atoms with Crippen LogP contribution in [0, 0.1) is 11.6 Å². The van der Waals surface area contributed by atoms with Crippen molar-refractivity contribution in [2.24, 2.45) is 0 Å². The van der Waals surface area contributed by atoms with Crippen molar-refractivity contribution in [3.8, 4) is 5.75 Å². The lowest BCUT2D eigenvalue weighted by Gasteiger charge is -2.24. The zero-order valence-corrected chi connectivity index (χ0v) is 10.5. The van der Waals surface area contributed by atoms with Crippen molar-refractivity contribution in [2.45, 2.75) is 11.7 Å². The van der Waals surface area contributed by atoms with Gasteiger partial charge in [-0.2, -0.15) is 8.78 Å². The number of ether oxygens (including phenoxy) is 2. The van der Waals surface area contributed by atoms with Gasteiger partial charge in [-0.3, -0.25) is 4.98 Å². The summed E-state index contributed by atoms with van der Waals surface area (Å²) in [6.45, 7) is -0.428. The van der Waals surface area contributed by atoms with Crippen molar-refractivity contribution in [2.75, 3.05) is 6.61 Å². The lowest BCUT2D eigenvalue weighted by molar-refractivity contribution is -0.227. The van der Waals surface area contributed by atoms with Crippen LogP contribution >= 0.6 is 0 Å². The highest BCUT2D eigenvalue weighted by Crippen LogP contribution is 2.52. The zero-order valence-electron chi connectivity index (χ0n) is 10.5. The Balaban J connectivity index is 1.94. The summed E-state index contributed by atoms with van der Waals surface area (Å²) in [6.07, 6.45) is -1.33. The van der Waals surface area contributed by atoms with Gasteiger partial charge in [0.15, 0.2) is 0 Å². The van der Waals surface area contributed by atoms with Crippen LogP contribution in [-0.4, -0.2) is 17.7 Å². The van der Waals surface area contributed by atoms with Crippen molar-refractivity contribution in [1.29, 1.82) is 0 Å². The van der Waals surface area contributed by atoms with Crippen LogP contribution in [0.15, 0.2) is 42.7 Å². The highest BCUT2D eigenvalue weighted by Gasteiger charge is 2.69. The number of aromatic nitrogens is 1. The quantitative estimate of drug-likeness (QED) is 0.642. The molecule has 0 saturated carbocycles. The first-order valence-electron chi connectivity index (χ1n) is 6.01. The number of pyridine rings is 1. The van der Waals surface area contributed by atoms with Gasteiger partial charge in [0, 0.05) is 17.8 Å². The minimum absolute atomic E-state index is 0.181. The Morgan fingerprint density at radius 1 is 1.24 bits per heavy atom. The summed E-state index contributed by atoms with van der Waals surface area (Å²) in [6, 6.07) is 5.06. The lowest BCUT2D eigenvalue weighted by Crippen LogP contribution is -2.41. The number of halogens is 4. The molecule has 1 aliphatic heterocycles. The van der Waals surface area contributed by atoms with Crippen LogP contribution in [0.4, 0.5) is 17.6 Å². The fraction of sp³-hybridized carbons (Fsp3) is 0.214. The molecule has 1 aromatic carbocycles.